The van der Waals surface area contributed by atoms with Gasteiger partial charge in [-0.15, -0.1) is 0 Å². The number of unbranched alkanes of at least 4 members (excludes halogenated alkanes) is 1. The second-order valence-electron chi connectivity index (χ2n) is 6.33. The van der Waals surface area contributed by atoms with Gasteiger partial charge in [0, 0.05) is 13.0 Å². The maximum atomic E-state index is 6.19. The molecular weight excluding hydrogens is 270 g/mol. The maximum absolute atomic E-state index is 6.19. The van der Waals surface area contributed by atoms with Crippen LogP contribution in [0.25, 0.3) is 0 Å². The summed E-state index contributed by atoms with van der Waals surface area (Å²) in [5, 5.41) is 4.19. The molecule has 1 aliphatic carbocycles. The fourth-order valence-corrected chi connectivity index (χ4v) is 3.38. The van der Waals surface area contributed by atoms with E-state index in [0.29, 0.717) is 5.15 Å². The molecule has 4 heteroatoms. The first-order valence-electron chi connectivity index (χ1n) is 8.13. The zero-order valence-electron chi connectivity index (χ0n) is 12.8. The van der Waals surface area contributed by atoms with Crippen LogP contribution in [-0.4, -0.2) is 16.5 Å². The maximum Gasteiger partial charge on any atom is 0.151 e. The fourth-order valence-electron chi connectivity index (χ4n) is 3.17. The van der Waals surface area contributed by atoms with E-state index < -0.39 is 0 Å². The molecule has 0 aliphatic heterocycles. The zero-order valence-corrected chi connectivity index (χ0v) is 13.6. The summed E-state index contributed by atoms with van der Waals surface area (Å²) in [4.78, 5) is 7.75. The van der Waals surface area contributed by atoms with Gasteiger partial charge in [-0.1, -0.05) is 44.7 Å². The summed E-state index contributed by atoms with van der Waals surface area (Å²) >= 11 is 6.19. The van der Waals surface area contributed by atoms with E-state index in [0.717, 1.165) is 49.3 Å². The fraction of sp³-hybridized carbons (Fsp3) is 0.812. The van der Waals surface area contributed by atoms with Crippen molar-refractivity contribution in [2.75, 3.05) is 6.54 Å². The second kappa shape index (κ2) is 8.04. The normalized spacial score (nSPS) is 23.1. The molecule has 0 radical (unpaired) electrons. The van der Waals surface area contributed by atoms with Crippen LogP contribution >= 0.6 is 11.6 Å². The Morgan fingerprint density at radius 2 is 2.25 bits per heavy atom. The molecule has 1 aromatic heterocycles. The average molecular weight is 298 g/mol. The van der Waals surface area contributed by atoms with Crippen molar-refractivity contribution in [3.05, 3.63) is 16.7 Å². The molecule has 0 saturated heterocycles. The molecule has 1 saturated carbocycles. The minimum atomic E-state index is 0.639. The van der Waals surface area contributed by atoms with Gasteiger partial charge in [-0.3, -0.25) is 0 Å². The van der Waals surface area contributed by atoms with Crippen LogP contribution in [-0.2, 0) is 13.0 Å². The smallest absolute Gasteiger partial charge is 0.151 e. The van der Waals surface area contributed by atoms with Crippen LogP contribution in [0.5, 0.6) is 0 Å². The number of hydrogen-bond donors (Lipinski definition) is 2. The number of halogens is 1. The number of rotatable bonds is 7. The number of nitrogens with zero attached hydrogens (tertiary/aromatic N) is 1. The van der Waals surface area contributed by atoms with Gasteiger partial charge in [-0.2, -0.15) is 0 Å². The summed E-state index contributed by atoms with van der Waals surface area (Å²) in [5.74, 6) is 2.76. The number of nitrogens with one attached hydrogen (secondary N) is 2. The van der Waals surface area contributed by atoms with Gasteiger partial charge in [-0.25, -0.2) is 4.98 Å². The molecule has 2 N–H and O–H groups in total. The lowest BCUT2D eigenvalue weighted by atomic mass is 9.82. The molecule has 20 heavy (non-hydrogen) atoms. The second-order valence-corrected chi connectivity index (χ2v) is 6.68. The zero-order chi connectivity index (χ0) is 14.4. The predicted octanol–water partition coefficient (Wildman–Crippen LogP) is 4.32. The minimum absolute atomic E-state index is 0.639. The molecule has 1 heterocycles. The highest BCUT2D eigenvalue weighted by atomic mass is 35.5. The van der Waals surface area contributed by atoms with Crippen LogP contribution in [0.3, 0.4) is 0 Å². The van der Waals surface area contributed by atoms with Crippen LogP contribution in [0.15, 0.2) is 0 Å². The van der Waals surface area contributed by atoms with E-state index >= 15 is 0 Å². The van der Waals surface area contributed by atoms with Gasteiger partial charge in [0.25, 0.3) is 0 Å². The number of hydrogen-bond acceptors (Lipinski definition) is 2. The molecule has 2 unspecified atom stereocenters. The van der Waals surface area contributed by atoms with Crippen molar-refractivity contribution in [2.45, 2.75) is 65.3 Å². The summed E-state index contributed by atoms with van der Waals surface area (Å²) in [7, 11) is 0. The monoisotopic (exact) mass is 297 g/mol. The lowest BCUT2D eigenvalue weighted by molar-refractivity contribution is 0.274. The van der Waals surface area contributed by atoms with E-state index in [1.807, 2.05) is 0 Å². The van der Waals surface area contributed by atoms with E-state index in [1.54, 1.807) is 0 Å². The third kappa shape index (κ3) is 4.78. The van der Waals surface area contributed by atoms with E-state index in [4.69, 9.17) is 11.6 Å². The molecule has 0 aromatic carbocycles. The highest BCUT2D eigenvalue weighted by Gasteiger charge is 2.18. The van der Waals surface area contributed by atoms with Gasteiger partial charge >= 0.3 is 0 Å². The molecule has 2 rings (SSSR count). The van der Waals surface area contributed by atoms with Crippen LogP contribution in [0.1, 0.15) is 63.9 Å². The number of aromatic amines is 1. The summed E-state index contributed by atoms with van der Waals surface area (Å²) in [5.41, 5.74) is 1.04. The Morgan fingerprint density at radius 1 is 1.40 bits per heavy atom. The third-order valence-corrected chi connectivity index (χ3v) is 4.64. The molecule has 0 spiro atoms. The Morgan fingerprint density at radius 3 is 3.00 bits per heavy atom. The van der Waals surface area contributed by atoms with Crippen molar-refractivity contribution in [3.63, 3.8) is 0 Å². The number of aryl methyl sites for hydroxylation is 1. The van der Waals surface area contributed by atoms with Gasteiger partial charge in [0.2, 0.25) is 0 Å². The van der Waals surface area contributed by atoms with Crippen molar-refractivity contribution in [3.8, 4) is 0 Å². The van der Waals surface area contributed by atoms with Gasteiger partial charge in [0.1, 0.15) is 5.82 Å². The molecule has 2 atom stereocenters. The van der Waals surface area contributed by atoms with Crippen molar-refractivity contribution in [1.82, 2.24) is 15.3 Å². The van der Waals surface area contributed by atoms with E-state index in [1.165, 1.54) is 32.1 Å². The molecule has 0 bridgehead atoms. The summed E-state index contributed by atoms with van der Waals surface area (Å²) in [6, 6.07) is 0. The minimum Gasteiger partial charge on any atom is -0.344 e. The molecule has 114 valence electrons. The quantitative estimate of drug-likeness (QED) is 0.787. The van der Waals surface area contributed by atoms with Crippen LogP contribution in [0.2, 0.25) is 5.15 Å². The lowest BCUT2D eigenvalue weighted by Crippen LogP contribution is -2.26. The first-order valence-corrected chi connectivity index (χ1v) is 8.50. The van der Waals surface area contributed by atoms with Crippen molar-refractivity contribution < 1.29 is 0 Å². The molecular formula is C16H28ClN3. The molecule has 1 aliphatic rings. The Hall–Kier alpha value is -0.540. The summed E-state index contributed by atoms with van der Waals surface area (Å²) < 4.78 is 0. The van der Waals surface area contributed by atoms with Gasteiger partial charge in [-0.05, 0) is 37.6 Å². The number of imidazole rings is 1. The van der Waals surface area contributed by atoms with Crippen molar-refractivity contribution >= 4 is 11.6 Å². The van der Waals surface area contributed by atoms with E-state index in [9.17, 15) is 0 Å². The Balaban J connectivity index is 1.74. The third-order valence-electron chi connectivity index (χ3n) is 4.32. The first kappa shape index (κ1) is 15.8. The Labute approximate surface area is 127 Å². The molecule has 1 fully saturated rings. The largest absolute Gasteiger partial charge is 0.344 e. The summed E-state index contributed by atoms with van der Waals surface area (Å²) in [6.45, 7) is 6.48. The van der Waals surface area contributed by atoms with Crippen LogP contribution in [0, 0.1) is 11.8 Å². The Kier molecular flexibility index (Phi) is 6.37. The average Bonchev–Trinajstić information content (AvgIpc) is 2.77. The highest BCUT2D eigenvalue weighted by molar-refractivity contribution is 6.30. The van der Waals surface area contributed by atoms with Gasteiger partial charge < -0.3 is 10.3 Å². The van der Waals surface area contributed by atoms with Gasteiger partial charge in [0.15, 0.2) is 5.15 Å². The highest BCUT2D eigenvalue weighted by Crippen LogP contribution is 2.28. The first-order chi connectivity index (χ1) is 9.69. The lowest BCUT2D eigenvalue weighted by Gasteiger charge is -2.26. The van der Waals surface area contributed by atoms with Crippen LogP contribution < -0.4 is 5.32 Å². The molecule has 1 aromatic rings. The predicted molar refractivity (Wildman–Crippen MR) is 85.0 cm³/mol. The van der Waals surface area contributed by atoms with E-state index in [2.05, 4.69) is 29.1 Å². The Bertz CT molecular complexity index is 402. The number of aromatic nitrogens is 2. The van der Waals surface area contributed by atoms with E-state index in [-0.39, 0.29) is 0 Å². The van der Waals surface area contributed by atoms with Crippen molar-refractivity contribution in [2.24, 2.45) is 11.8 Å². The van der Waals surface area contributed by atoms with Crippen LogP contribution in [0.4, 0.5) is 0 Å². The molecule has 3 nitrogen and oxygen atoms in total. The number of H-pyrrole nitrogens is 1. The molecule has 0 amide bonds. The summed E-state index contributed by atoms with van der Waals surface area (Å²) in [6.07, 6.45) is 8.88. The SMILES string of the molecule is CCCCc1nc(Cl)c(CNCC2CCCC(C)C2)[nH]1. The van der Waals surface area contributed by atoms with Gasteiger partial charge in [0.05, 0.1) is 5.69 Å². The topological polar surface area (TPSA) is 40.7 Å². The van der Waals surface area contributed by atoms with Crippen molar-refractivity contribution in [1.29, 1.82) is 0 Å². The standard InChI is InChI=1S/C16H28ClN3/c1-3-4-8-15-19-14(16(17)20-15)11-18-10-13-7-5-6-12(2)9-13/h12-13,18H,3-11H2,1-2H3,(H,19,20).